The number of hydrogen-bond acceptors (Lipinski definition) is 11. The average Bonchev–Trinajstić information content (AvgIpc) is 3.93. The number of rotatable bonds is 20. The molecule has 0 bridgehead atoms. The van der Waals surface area contributed by atoms with Gasteiger partial charge in [-0.2, -0.15) is 0 Å². The lowest BCUT2D eigenvalue weighted by Gasteiger charge is -2.13. The number of aryl methyl sites for hydroxylation is 2. The number of ketones is 2. The van der Waals surface area contributed by atoms with Crippen LogP contribution in [0.3, 0.4) is 0 Å². The van der Waals surface area contributed by atoms with Gasteiger partial charge in [0.15, 0.2) is 11.6 Å². The molecule has 6 aromatic rings. The number of benzene rings is 4. The molecule has 64 heavy (non-hydrogen) atoms. The van der Waals surface area contributed by atoms with Crippen molar-refractivity contribution in [3.63, 3.8) is 0 Å². The van der Waals surface area contributed by atoms with Crippen LogP contribution >= 0.6 is 22.9 Å². The van der Waals surface area contributed by atoms with Gasteiger partial charge >= 0.3 is 0 Å². The summed E-state index contributed by atoms with van der Waals surface area (Å²) < 4.78 is 24.8. The van der Waals surface area contributed by atoms with Crippen LogP contribution in [0.25, 0.3) is 16.1 Å². The Balaban J connectivity index is 0.705. The Morgan fingerprint density at radius 1 is 0.781 bits per heavy atom. The highest BCUT2D eigenvalue weighted by Crippen LogP contribution is 2.40. The summed E-state index contributed by atoms with van der Waals surface area (Å²) in [7, 11) is 0. The molecule has 1 atom stereocenters. The number of amides is 1. The zero-order valence-corrected chi connectivity index (χ0v) is 37.7. The number of nitrogens with one attached hydrogen (secondary N) is 1. The molecule has 14 heteroatoms. The number of aliphatic imine (C=N–C) groups is 1. The van der Waals surface area contributed by atoms with Crippen LogP contribution < -0.4 is 10.1 Å². The molecule has 2 aliphatic rings. The normalized spacial score (nSPS) is 14.1. The summed E-state index contributed by atoms with van der Waals surface area (Å²) in [4.78, 5) is 44.6. The van der Waals surface area contributed by atoms with Crippen LogP contribution in [0.4, 0.5) is 5.69 Å². The number of fused-ring (bicyclic) bond motifs is 4. The van der Waals surface area contributed by atoms with Crippen LogP contribution in [0.2, 0.25) is 5.02 Å². The van der Waals surface area contributed by atoms with Crippen molar-refractivity contribution in [2.45, 2.75) is 58.9 Å². The first-order valence-electron chi connectivity index (χ1n) is 21.5. The van der Waals surface area contributed by atoms with Gasteiger partial charge in [-0.1, -0.05) is 60.1 Å². The lowest BCUT2D eigenvalue weighted by molar-refractivity contribution is -0.117. The van der Waals surface area contributed by atoms with E-state index in [0.717, 1.165) is 55.5 Å². The van der Waals surface area contributed by atoms with Gasteiger partial charge in [-0.05, 0) is 97.5 Å². The zero-order valence-electron chi connectivity index (χ0n) is 36.2. The van der Waals surface area contributed by atoms with Crippen LogP contribution in [0.1, 0.15) is 80.0 Å². The Morgan fingerprint density at radius 2 is 1.47 bits per heavy atom. The first-order valence-corrected chi connectivity index (χ1v) is 22.7. The van der Waals surface area contributed by atoms with E-state index in [1.165, 1.54) is 4.88 Å². The third-order valence-electron chi connectivity index (χ3n) is 11.3. The van der Waals surface area contributed by atoms with E-state index < -0.39 is 6.04 Å². The Hall–Kier alpha value is -5.83. The highest BCUT2D eigenvalue weighted by Gasteiger charge is 2.32. The second kappa shape index (κ2) is 20.8. The van der Waals surface area contributed by atoms with Crippen molar-refractivity contribution in [3.8, 4) is 21.9 Å². The van der Waals surface area contributed by atoms with Gasteiger partial charge in [-0.3, -0.25) is 23.9 Å². The standard InChI is InChI=1S/C50H50ClN5O7S/c1-31-32(2)64-50-47(31)48(34-11-13-40(51)14-12-34)53-44(49-55-54-33(3)56(49)50)30-46(59)52-41-15-17-43(18-16-41)63-25-24-62-23-22-61-21-20-60-19-5-8-45(58)38-7-4-6-35(26-38)36-9-10-37-28-42(57)29-39(37)27-36/h4,6-7,9-18,26-27,44H,5,8,19-25,28-30H2,1-3H3,(H,52,59)/t44-/m0/s1. The second-order valence-corrected chi connectivity index (χ2v) is 17.5. The molecule has 0 saturated carbocycles. The van der Waals surface area contributed by atoms with Gasteiger partial charge in [0.25, 0.3) is 0 Å². The Labute approximate surface area is 381 Å². The smallest absolute Gasteiger partial charge is 0.227 e. The highest BCUT2D eigenvalue weighted by molar-refractivity contribution is 7.15. The summed E-state index contributed by atoms with van der Waals surface area (Å²) in [5.74, 6) is 2.13. The van der Waals surface area contributed by atoms with Crippen LogP contribution in [-0.4, -0.2) is 84.2 Å². The fraction of sp³-hybridized carbons (Fsp3) is 0.320. The van der Waals surface area contributed by atoms with E-state index in [2.05, 4.69) is 35.4 Å². The number of anilines is 1. The number of hydrogen-bond donors (Lipinski definition) is 1. The third-order valence-corrected chi connectivity index (χ3v) is 12.8. The van der Waals surface area contributed by atoms with Gasteiger partial charge in [-0.15, -0.1) is 21.5 Å². The van der Waals surface area contributed by atoms with E-state index in [9.17, 15) is 14.4 Å². The average molecular weight is 900 g/mol. The van der Waals surface area contributed by atoms with Crippen LogP contribution in [0, 0.1) is 20.8 Å². The molecule has 330 valence electrons. The second-order valence-electron chi connectivity index (χ2n) is 15.9. The largest absolute Gasteiger partial charge is 0.491 e. The summed E-state index contributed by atoms with van der Waals surface area (Å²) in [5.41, 5.74) is 9.34. The van der Waals surface area contributed by atoms with E-state index in [1.54, 1.807) is 35.6 Å². The zero-order chi connectivity index (χ0) is 44.6. The minimum Gasteiger partial charge on any atom is -0.491 e. The predicted molar refractivity (Wildman–Crippen MR) is 249 cm³/mol. The van der Waals surface area contributed by atoms with E-state index in [-0.39, 0.29) is 23.9 Å². The summed E-state index contributed by atoms with van der Waals surface area (Å²) in [5, 5.41) is 13.5. The lowest BCUT2D eigenvalue weighted by Crippen LogP contribution is -2.17. The Morgan fingerprint density at radius 3 is 2.23 bits per heavy atom. The van der Waals surface area contributed by atoms with Gasteiger partial charge in [0, 0.05) is 58.1 Å². The van der Waals surface area contributed by atoms with E-state index in [0.29, 0.717) is 99.8 Å². The molecule has 0 radical (unpaired) electrons. The maximum Gasteiger partial charge on any atom is 0.227 e. The maximum absolute atomic E-state index is 13.5. The third kappa shape index (κ3) is 10.7. The fourth-order valence-corrected chi connectivity index (χ4v) is 9.24. The molecule has 2 aromatic heterocycles. The molecule has 0 spiro atoms. The van der Waals surface area contributed by atoms with Crippen molar-refractivity contribution >= 4 is 51.8 Å². The van der Waals surface area contributed by atoms with Gasteiger partial charge in [0.2, 0.25) is 5.91 Å². The monoisotopic (exact) mass is 899 g/mol. The molecule has 3 heterocycles. The molecular weight excluding hydrogens is 850 g/mol. The first kappa shape index (κ1) is 44.8. The quantitative estimate of drug-likeness (QED) is 0.0586. The van der Waals surface area contributed by atoms with Crippen molar-refractivity contribution in [2.75, 3.05) is 51.6 Å². The van der Waals surface area contributed by atoms with Gasteiger partial charge in [0.1, 0.15) is 35.0 Å². The van der Waals surface area contributed by atoms with E-state index >= 15 is 0 Å². The van der Waals surface area contributed by atoms with Crippen molar-refractivity contribution in [1.29, 1.82) is 0 Å². The molecule has 0 fully saturated rings. The number of nitrogens with zero attached hydrogens (tertiary/aromatic N) is 4. The molecule has 4 aromatic carbocycles. The SMILES string of the molecule is Cc1sc2c(c1C)C(c1ccc(Cl)cc1)=N[C@@H](CC(=O)Nc1ccc(OCCOCCOCCOCCCC(=O)c3cccc(-c4ccc5c(c4)CC(=O)C5)c3)cc1)c1nnc(C)n1-2. The van der Waals surface area contributed by atoms with Gasteiger partial charge < -0.3 is 24.3 Å². The highest BCUT2D eigenvalue weighted by atomic mass is 35.5. The number of aromatic nitrogens is 3. The number of carbonyl (C=O) groups excluding carboxylic acids is 3. The molecule has 0 unspecified atom stereocenters. The van der Waals surface area contributed by atoms with Crippen LogP contribution in [0.5, 0.6) is 5.75 Å². The predicted octanol–water partition coefficient (Wildman–Crippen LogP) is 9.25. The van der Waals surface area contributed by atoms with Crippen molar-refractivity contribution in [2.24, 2.45) is 4.99 Å². The summed E-state index contributed by atoms with van der Waals surface area (Å²) in [6, 6.07) is 28.0. The molecule has 0 saturated heterocycles. The molecular formula is C50H50ClN5O7S. The molecule has 12 nitrogen and oxygen atoms in total. The van der Waals surface area contributed by atoms with Crippen molar-refractivity contribution < 1.29 is 33.3 Å². The lowest BCUT2D eigenvalue weighted by atomic mass is 9.97. The topological polar surface area (TPSA) is 143 Å². The maximum atomic E-state index is 13.5. The van der Waals surface area contributed by atoms with Crippen LogP contribution in [0.15, 0.2) is 96.0 Å². The number of carbonyl (C=O) groups is 3. The number of ether oxygens (including phenoxy) is 4. The Bertz CT molecular complexity index is 2670. The van der Waals surface area contributed by atoms with Gasteiger partial charge in [0.05, 0.1) is 45.2 Å². The van der Waals surface area contributed by atoms with Crippen molar-refractivity contribution in [1.82, 2.24) is 14.8 Å². The molecule has 1 amide bonds. The van der Waals surface area contributed by atoms with Gasteiger partial charge in [-0.25, -0.2) is 0 Å². The summed E-state index contributed by atoms with van der Waals surface area (Å²) in [6.07, 6.45) is 2.08. The first-order chi connectivity index (χ1) is 31.1. The fourth-order valence-electron chi connectivity index (χ4n) is 7.90. The van der Waals surface area contributed by atoms with E-state index in [1.807, 2.05) is 72.2 Å². The number of thiophene rings is 1. The number of halogens is 1. The molecule has 8 rings (SSSR count). The molecule has 1 N–H and O–H groups in total. The minimum atomic E-state index is -0.574. The van der Waals surface area contributed by atoms with Crippen LogP contribution in [-0.2, 0) is 36.6 Å². The summed E-state index contributed by atoms with van der Waals surface area (Å²) in [6.45, 7) is 9.03. The van der Waals surface area contributed by atoms with E-state index in [4.69, 9.17) is 35.5 Å². The molecule has 1 aliphatic carbocycles. The number of Topliss-reactive ketones (excluding diaryl/α,β-unsaturated/α-hetero) is 2. The summed E-state index contributed by atoms with van der Waals surface area (Å²) >= 11 is 7.91. The Kier molecular flexibility index (Phi) is 14.5. The molecule has 1 aliphatic heterocycles. The minimum absolute atomic E-state index is 0.0667. The van der Waals surface area contributed by atoms with Crippen molar-refractivity contribution in [3.05, 3.63) is 146 Å².